The van der Waals surface area contributed by atoms with E-state index in [1.165, 1.54) is 12.3 Å². The van der Waals surface area contributed by atoms with Crippen LogP contribution in [0.4, 0.5) is 5.69 Å². The molecule has 1 saturated heterocycles. The molecule has 0 aliphatic carbocycles. The fourth-order valence-corrected chi connectivity index (χ4v) is 1.89. The molecule has 1 unspecified atom stereocenters. The zero-order valence-electron chi connectivity index (χ0n) is 9.77. The second kappa shape index (κ2) is 4.71. The third-order valence-electron chi connectivity index (χ3n) is 2.95. The molecule has 1 atom stereocenters. The first-order valence-electron chi connectivity index (χ1n) is 5.66. The molecular formula is C12H16N2O3. The Morgan fingerprint density at radius 2 is 2.47 bits per heavy atom. The minimum atomic E-state index is -1.01. The van der Waals surface area contributed by atoms with Crippen molar-refractivity contribution in [3.8, 4) is 0 Å². The molecule has 0 amide bonds. The summed E-state index contributed by atoms with van der Waals surface area (Å²) in [6.45, 7) is 3.60. The third kappa shape index (κ3) is 2.94. The van der Waals surface area contributed by atoms with Crippen molar-refractivity contribution in [2.45, 2.75) is 25.4 Å². The van der Waals surface area contributed by atoms with E-state index in [-0.39, 0.29) is 11.3 Å². The number of carboxylic acids is 1. The van der Waals surface area contributed by atoms with Crippen LogP contribution in [0.1, 0.15) is 30.3 Å². The van der Waals surface area contributed by atoms with Crippen LogP contribution in [0.2, 0.25) is 0 Å². The lowest BCUT2D eigenvalue weighted by atomic mass is 10.0. The summed E-state index contributed by atoms with van der Waals surface area (Å²) >= 11 is 0. The first-order valence-corrected chi connectivity index (χ1v) is 5.66. The maximum atomic E-state index is 10.6. The van der Waals surface area contributed by atoms with Crippen LogP contribution in [0.25, 0.3) is 0 Å². The van der Waals surface area contributed by atoms with Gasteiger partial charge in [-0.05, 0) is 31.9 Å². The second-order valence-electron chi connectivity index (χ2n) is 4.49. The van der Waals surface area contributed by atoms with E-state index < -0.39 is 5.97 Å². The fourth-order valence-electron chi connectivity index (χ4n) is 1.89. The lowest BCUT2D eigenvalue weighted by Crippen LogP contribution is -2.32. The number of aromatic nitrogens is 1. The van der Waals surface area contributed by atoms with Gasteiger partial charge < -0.3 is 15.2 Å². The number of hydrogen-bond donors (Lipinski definition) is 2. The molecule has 0 aromatic carbocycles. The van der Waals surface area contributed by atoms with E-state index >= 15 is 0 Å². The SMILES string of the molecule is CC1(CNc2ccc(C(=O)O)nc2)CCCO1. The molecule has 1 fully saturated rings. The van der Waals surface area contributed by atoms with Crippen molar-refractivity contribution in [2.75, 3.05) is 18.5 Å². The van der Waals surface area contributed by atoms with Crippen LogP contribution in [0.15, 0.2) is 18.3 Å². The molecule has 0 spiro atoms. The Morgan fingerprint density at radius 1 is 1.65 bits per heavy atom. The fraction of sp³-hybridized carbons (Fsp3) is 0.500. The van der Waals surface area contributed by atoms with Gasteiger partial charge in [-0.1, -0.05) is 0 Å². The average molecular weight is 236 g/mol. The van der Waals surface area contributed by atoms with Crippen molar-refractivity contribution in [3.05, 3.63) is 24.0 Å². The Hall–Kier alpha value is -1.62. The molecule has 1 aliphatic rings. The summed E-state index contributed by atoms with van der Waals surface area (Å²) in [6.07, 6.45) is 3.66. The Kier molecular flexibility index (Phi) is 3.28. The Labute approximate surface area is 99.8 Å². The van der Waals surface area contributed by atoms with E-state index in [0.717, 1.165) is 25.1 Å². The average Bonchev–Trinajstić information content (AvgIpc) is 2.75. The van der Waals surface area contributed by atoms with E-state index in [9.17, 15) is 4.79 Å². The first-order chi connectivity index (χ1) is 8.09. The van der Waals surface area contributed by atoms with Gasteiger partial charge in [0.2, 0.25) is 0 Å². The van der Waals surface area contributed by atoms with Crippen molar-refractivity contribution >= 4 is 11.7 Å². The van der Waals surface area contributed by atoms with Gasteiger partial charge in [0.1, 0.15) is 5.69 Å². The topological polar surface area (TPSA) is 71.5 Å². The van der Waals surface area contributed by atoms with Gasteiger partial charge in [0.05, 0.1) is 17.5 Å². The molecule has 1 aliphatic heterocycles. The maximum Gasteiger partial charge on any atom is 0.354 e. The minimum absolute atomic E-state index is 0.0545. The standard InChI is InChI=1S/C12H16N2O3/c1-12(5-2-6-17-12)8-14-9-3-4-10(11(15)16)13-7-9/h3-4,7,14H,2,5-6,8H2,1H3,(H,15,16). The predicted molar refractivity (Wildman–Crippen MR) is 63.3 cm³/mol. The zero-order chi connectivity index (χ0) is 12.3. The number of anilines is 1. The minimum Gasteiger partial charge on any atom is -0.477 e. The number of rotatable bonds is 4. The molecule has 1 aromatic heterocycles. The predicted octanol–water partition coefficient (Wildman–Crippen LogP) is 1.76. The van der Waals surface area contributed by atoms with Crippen molar-refractivity contribution in [3.63, 3.8) is 0 Å². The summed E-state index contributed by atoms with van der Waals surface area (Å²) < 4.78 is 5.65. The van der Waals surface area contributed by atoms with Gasteiger partial charge in [-0.25, -0.2) is 9.78 Å². The highest BCUT2D eigenvalue weighted by atomic mass is 16.5. The van der Waals surface area contributed by atoms with Gasteiger partial charge in [0, 0.05) is 13.2 Å². The van der Waals surface area contributed by atoms with E-state index in [2.05, 4.69) is 17.2 Å². The number of nitrogens with one attached hydrogen (secondary N) is 1. The smallest absolute Gasteiger partial charge is 0.354 e. The Morgan fingerprint density at radius 3 is 3.00 bits per heavy atom. The summed E-state index contributed by atoms with van der Waals surface area (Å²) in [7, 11) is 0. The number of carbonyl (C=O) groups is 1. The summed E-state index contributed by atoms with van der Waals surface area (Å²) in [5, 5.41) is 11.9. The van der Waals surface area contributed by atoms with Gasteiger partial charge in [-0.2, -0.15) is 0 Å². The van der Waals surface area contributed by atoms with Crippen molar-refractivity contribution < 1.29 is 14.6 Å². The number of aromatic carboxylic acids is 1. The largest absolute Gasteiger partial charge is 0.477 e. The van der Waals surface area contributed by atoms with Crippen molar-refractivity contribution in [1.82, 2.24) is 4.98 Å². The van der Waals surface area contributed by atoms with Gasteiger partial charge >= 0.3 is 5.97 Å². The lowest BCUT2D eigenvalue weighted by Gasteiger charge is -2.23. The van der Waals surface area contributed by atoms with E-state index in [4.69, 9.17) is 9.84 Å². The summed E-state index contributed by atoms with van der Waals surface area (Å²) in [5.41, 5.74) is 0.747. The van der Waals surface area contributed by atoms with Gasteiger partial charge in [0.25, 0.3) is 0 Å². The highest BCUT2D eigenvalue weighted by Crippen LogP contribution is 2.25. The molecule has 2 N–H and O–H groups in total. The highest BCUT2D eigenvalue weighted by Gasteiger charge is 2.29. The number of ether oxygens (including phenoxy) is 1. The molecule has 92 valence electrons. The van der Waals surface area contributed by atoms with Crippen molar-refractivity contribution in [2.24, 2.45) is 0 Å². The van der Waals surface area contributed by atoms with Crippen LogP contribution in [-0.2, 0) is 4.74 Å². The monoisotopic (exact) mass is 236 g/mol. The van der Waals surface area contributed by atoms with Crippen LogP contribution in [-0.4, -0.2) is 34.8 Å². The van der Waals surface area contributed by atoms with Crippen LogP contribution < -0.4 is 5.32 Å². The molecule has 0 saturated carbocycles. The number of hydrogen-bond acceptors (Lipinski definition) is 4. The summed E-state index contributed by atoms with van der Waals surface area (Å²) in [4.78, 5) is 14.5. The Bertz CT molecular complexity index is 397. The normalized spacial score (nSPS) is 23.6. The van der Waals surface area contributed by atoms with Crippen LogP contribution in [0.5, 0.6) is 0 Å². The lowest BCUT2D eigenvalue weighted by molar-refractivity contribution is 0.0315. The van der Waals surface area contributed by atoms with Gasteiger partial charge in [-0.3, -0.25) is 0 Å². The number of nitrogens with zero attached hydrogens (tertiary/aromatic N) is 1. The molecule has 5 nitrogen and oxygen atoms in total. The molecule has 2 rings (SSSR count). The van der Waals surface area contributed by atoms with Crippen LogP contribution in [0, 0.1) is 0 Å². The summed E-state index contributed by atoms with van der Waals surface area (Å²) in [5.74, 6) is -1.01. The second-order valence-corrected chi connectivity index (χ2v) is 4.49. The molecule has 0 radical (unpaired) electrons. The van der Waals surface area contributed by atoms with Crippen LogP contribution in [0.3, 0.4) is 0 Å². The summed E-state index contributed by atoms with van der Waals surface area (Å²) in [6, 6.07) is 3.21. The van der Waals surface area contributed by atoms with Gasteiger partial charge in [0.15, 0.2) is 0 Å². The molecule has 17 heavy (non-hydrogen) atoms. The third-order valence-corrected chi connectivity index (χ3v) is 2.95. The number of pyridine rings is 1. The highest BCUT2D eigenvalue weighted by molar-refractivity contribution is 5.85. The molecule has 0 bridgehead atoms. The molecule has 1 aromatic rings. The Balaban J connectivity index is 1.93. The van der Waals surface area contributed by atoms with E-state index in [1.807, 2.05) is 0 Å². The van der Waals surface area contributed by atoms with E-state index in [0.29, 0.717) is 6.54 Å². The van der Waals surface area contributed by atoms with Gasteiger partial charge in [-0.15, -0.1) is 0 Å². The first kappa shape index (κ1) is 11.9. The maximum absolute atomic E-state index is 10.6. The van der Waals surface area contributed by atoms with E-state index in [1.54, 1.807) is 6.07 Å². The zero-order valence-corrected chi connectivity index (χ0v) is 9.77. The molecule has 2 heterocycles. The van der Waals surface area contributed by atoms with Crippen LogP contribution >= 0.6 is 0 Å². The molecular weight excluding hydrogens is 220 g/mol. The van der Waals surface area contributed by atoms with Crippen molar-refractivity contribution in [1.29, 1.82) is 0 Å². The quantitative estimate of drug-likeness (QED) is 0.833. The number of carboxylic acid groups (broad SMARTS) is 1. The molecule has 5 heteroatoms.